The molecule has 2 aliphatic rings. The van der Waals surface area contributed by atoms with Crippen molar-refractivity contribution in [2.45, 2.75) is 55.4 Å². The Bertz CT molecular complexity index is 899. The van der Waals surface area contributed by atoms with Gasteiger partial charge < -0.3 is 0 Å². The fourth-order valence-electron chi connectivity index (χ4n) is 4.69. The van der Waals surface area contributed by atoms with E-state index in [0.29, 0.717) is 10.8 Å². The molecule has 0 saturated carbocycles. The predicted molar refractivity (Wildman–Crippen MR) is 146 cm³/mol. The Morgan fingerprint density at radius 2 is 0.758 bits per heavy atom. The molecule has 0 unspecified atom stereocenters. The van der Waals surface area contributed by atoms with Gasteiger partial charge in [0.15, 0.2) is 0 Å². The van der Waals surface area contributed by atoms with Crippen LogP contribution in [0.2, 0.25) is 0 Å². The van der Waals surface area contributed by atoms with Gasteiger partial charge in [0.1, 0.15) is 0 Å². The molecule has 0 fully saturated rings. The quantitative estimate of drug-likeness (QED) is 0.363. The molecule has 0 spiro atoms. The Morgan fingerprint density at radius 1 is 0.485 bits per heavy atom. The molecule has 2 aromatic rings. The molecular formula is C27H40N4Sn2. The van der Waals surface area contributed by atoms with Crippen molar-refractivity contribution in [3.8, 4) is 0 Å². The third kappa shape index (κ3) is 6.27. The average Bonchev–Trinajstić information content (AvgIpc) is 3.17. The maximum atomic E-state index is 2.78. The van der Waals surface area contributed by atoms with Gasteiger partial charge in [-0.2, -0.15) is 0 Å². The number of anilines is 4. The van der Waals surface area contributed by atoms with Crippen LogP contribution in [0.4, 0.5) is 22.7 Å². The van der Waals surface area contributed by atoms with Crippen LogP contribution in [0.5, 0.6) is 0 Å². The molecule has 0 aliphatic carbocycles. The molecule has 0 amide bonds. The summed E-state index contributed by atoms with van der Waals surface area (Å²) < 4.78 is 11.0. The first-order valence-corrected chi connectivity index (χ1v) is 17.2. The minimum atomic E-state index is -0.851. The van der Waals surface area contributed by atoms with Crippen molar-refractivity contribution in [3.05, 3.63) is 48.5 Å². The van der Waals surface area contributed by atoms with E-state index in [1.165, 1.54) is 22.7 Å². The van der Waals surface area contributed by atoms with Gasteiger partial charge in [0.25, 0.3) is 0 Å². The Labute approximate surface area is 223 Å². The Balaban J connectivity index is 1.50. The van der Waals surface area contributed by atoms with Crippen molar-refractivity contribution in [1.82, 2.24) is 0 Å². The van der Waals surface area contributed by atoms with Gasteiger partial charge in [-0.05, 0) is 0 Å². The van der Waals surface area contributed by atoms with E-state index < -0.39 is 43.4 Å². The minimum absolute atomic E-state index is 0.234. The fourth-order valence-corrected chi connectivity index (χ4v) is 15.7. The topological polar surface area (TPSA) is 13.0 Å². The molecule has 0 atom stereocenters. The molecule has 0 aromatic heterocycles. The van der Waals surface area contributed by atoms with E-state index in [4.69, 9.17) is 0 Å². The van der Waals surface area contributed by atoms with E-state index in [2.05, 4.69) is 116 Å². The Hall–Kier alpha value is -0.763. The molecule has 2 heterocycles. The maximum absolute atomic E-state index is 2.78. The van der Waals surface area contributed by atoms with Crippen LogP contribution in [0.1, 0.15) is 55.4 Å². The monoisotopic (exact) mass is 660 g/mol. The zero-order chi connectivity index (χ0) is 24.0. The van der Waals surface area contributed by atoms with Gasteiger partial charge in [0.2, 0.25) is 0 Å². The summed E-state index contributed by atoms with van der Waals surface area (Å²) in [5.41, 5.74) is 6.75. The molecule has 4 rings (SSSR count). The van der Waals surface area contributed by atoms with Crippen LogP contribution in [0.25, 0.3) is 0 Å². The normalized spacial score (nSPS) is 16.5. The Kier molecular flexibility index (Phi) is 7.19. The molecule has 2 aromatic carbocycles. The summed E-state index contributed by atoms with van der Waals surface area (Å²) in [5.74, 6) is 0. The second-order valence-corrected chi connectivity index (χ2v) is 20.1. The number of nitrogens with zero attached hydrogens (tertiary/aromatic N) is 4. The predicted octanol–water partition coefficient (Wildman–Crippen LogP) is 5.83. The van der Waals surface area contributed by atoms with Crippen molar-refractivity contribution in [2.75, 3.05) is 38.7 Å². The molecule has 2 aliphatic heterocycles. The van der Waals surface area contributed by atoms with Gasteiger partial charge in [0.05, 0.1) is 0 Å². The van der Waals surface area contributed by atoms with Crippen molar-refractivity contribution >= 4 is 66.1 Å². The zero-order valence-corrected chi connectivity index (χ0v) is 27.4. The van der Waals surface area contributed by atoms with Gasteiger partial charge in [-0.1, -0.05) is 0 Å². The molecule has 0 bridgehead atoms. The number of hydrogen-bond donors (Lipinski definition) is 0. The van der Waals surface area contributed by atoms with Gasteiger partial charge >= 0.3 is 225 Å². The van der Waals surface area contributed by atoms with E-state index in [1.807, 2.05) is 0 Å². The summed E-state index contributed by atoms with van der Waals surface area (Å²) in [5, 5.41) is 0. The summed E-state index contributed by atoms with van der Waals surface area (Å²) >= 11 is -1.70. The summed E-state index contributed by atoms with van der Waals surface area (Å²) in [6.45, 7) is 23.7. The van der Waals surface area contributed by atoms with Crippen molar-refractivity contribution in [3.63, 3.8) is 0 Å². The molecule has 4 nitrogen and oxygen atoms in total. The molecular weight excluding hydrogens is 618 g/mol. The van der Waals surface area contributed by atoms with Gasteiger partial charge in [-0.15, -0.1) is 0 Å². The van der Waals surface area contributed by atoms with E-state index in [9.17, 15) is 0 Å². The van der Waals surface area contributed by atoms with E-state index >= 15 is 0 Å². The number of rotatable bonds is 6. The van der Waals surface area contributed by atoms with Crippen LogP contribution in [0.15, 0.2) is 48.5 Å². The number of hydrogen-bond acceptors (Lipinski definition) is 4. The van der Waals surface area contributed by atoms with Crippen LogP contribution in [0.3, 0.4) is 0 Å². The van der Waals surface area contributed by atoms with Crippen LogP contribution in [0, 0.1) is 16.2 Å². The van der Waals surface area contributed by atoms with Crippen molar-refractivity contribution < 1.29 is 0 Å². The summed E-state index contributed by atoms with van der Waals surface area (Å²) in [4.78, 5) is 0. The van der Waals surface area contributed by atoms with Crippen molar-refractivity contribution in [1.29, 1.82) is 0 Å². The fraction of sp³-hybridized carbons (Fsp3) is 0.556. The van der Waals surface area contributed by atoms with Crippen LogP contribution >= 0.6 is 0 Å². The van der Waals surface area contributed by atoms with Gasteiger partial charge in [0, 0.05) is 0 Å². The van der Waals surface area contributed by atoms with E-state index in [-0.39, 0.29) is 5.41 Å². The molecule has 4 radical (unpaired) electrons. The first-order valence-electron chi connectivity index (χ1n) is 12.1. The summed E-state index contributed by atoms with van der Waals surface area (Å²) in [7, 11) is 0. The summed E-state index contributed by atoms with van der Waals surface area (Å²) in [6.07, 6.45) is 0. The third-order valence-corrected chi connectivity index (χ3v) is 13.2. The molecule has 6 heteroatoms. The standard InChI is InChI=1S/C27H40N4.2Sn/c1-25(2,3)17-28-21-13-9-11-15-23(21)30-19-27(7,8)20-31-24-16-12-10-14-22(24)29-18-26(4,5)6;;/h9-16H,17-20H2,1-8H3;;/q-4;2*+2. The third-order valence-electron chi connectivity index (χ3n) is 5.85. The van der Waals surface area contributed by atoms with Gasteiger partial charge in [-0.25, -0.2) is 0 Å². The second-order valence-electron chi connectivity index (χ2n) is 12.8. The van der Waals surface area contributed by atoms with Crippen LogP contribution in [-0.4, -0.2) is 69.6 Å². The zero-order valence-electron chi connectivity index (χ0n) is 21.7. The molecule has 33 heavy (non-hydrogen) atoms. The molecule has 176 valence electrons. The number of fused-ring (bicyclic) bond motifs is 2. The van der Waals surface area contributed by atoms with Gasteiger partial charge in [-0.3, -0.25) is 0 Å². The van der Waals surface area contributed by atoms with E-state index in [1.54, 1.807) is 0 Å². The molecule has 0 saturated heterocycles. The first kappa shape index (κ1) is 25.3. The SMILES string of the molecule is CC(C)(C)C[N]1[Sn][N](CC(C)(C)C[N]2[Sn][N](CC(C)(C)C)c3ccccc32)c2ccccc21. The second kappa shape index (κ2) is 9.36. The van der Waals surface area contributed by atoms with E-state index in [0.717, 1.165) is 26.2 Å². The molecule has 0 N–H and O–H groups in total. The number of benzene rings is 2. The van der Waals surface area contributed by atoms with Crippen LogP contribution < -0.4 is 12.5 Å². The summed E-state index contributed by atoms with van der Waals surface area (Å²) in [6, 6.07) is 18.2. The average molecular weight is 658 g/mol. The first-order chi connectivity index (χ1) is 15.3. The Morgan fingerprint density at radius 3 is 1.03 bits per heavy atom. The van der Waals surface area contributed by atoms with Crippen LogP contribution in [-0.2, 0) is 0 Å². The van der Waals surface area contributed by atoms with Crippen molar-refractivity contribution in [2.24, 2.45) is 16.2 Å². The number of para-hydroxylation sites is 4.